The van der Waals surface area contributed by atoms with Crippen molar-refractivity contribution in [2.75, 3.05) is 26.3 Å². The molecular weight excluding hydrogens is 248 g/mol. The zero-order chi connectivity index (χ0) is 14.5. The second-order valence-electron chi connectivity index (χ2n) is 5.50. The number of aliphatic carboxylic acids is 1. The largest absolute Gasteiger partial charge is 0.481 e. The first kappa shape index (κ1) is 15.9. The summed E-state index contributed by atoms with van der Waals surface area (Å²) in [5.41, 5.74) is 4.08. The fraction of sp³-hybridized carbons (Fsp3) is 0.846. The smallest absolute Gasteiger partial charge is 0.311 e. The highest BCUT2D eigenvalue weighted by atomic mass is 16.5. The van der Waals surface area contributed by atoms with E-state index >= 15 is 0 Å². The van der Waals surface area contributed by atoms with Crippen LogP contribution in [0.4, 0.5) is 0 Å². The standard InChI is InChI=1S/C13H24N2O4/c1-3-12(2,8-14)10(16)15-9-13(11(17)18)4-6-19-7-5-13/h3-9,14H2,1-2H3,(H,15,16)(H,17,18). The third-order valence-electron chi connectivity index (χ3n) is 4.27. The molecule has 0 aromatic carbocycles. The van der Waals surface area contributed by atoms with E-state index in [-0.39, 0.29) is 19.0 Å². The first-order valence-corrected chi connectivity index (χ1v) is 6.70. The van der Waals surface area contributed by atoms with Crippen LogP contribution in [0.1, 0.15) is 33.1 Å². The van der Waals surface area contributed by atoms with Gasteiger partial charge < -0.3 is 20.9 Å². The number of hydrogen-bond donors (Lipinski definition) is 3. The lowest BCUT2D eigenvalue weighted by Gasteiger charge is -2.34. The summed E-state index contributed by atoms with van der Waals surface area (Å²) in [4.78, 5) is 23.6. The summed E-state index contributed by atoms with van der Waals surface area (Å²) in [6, 6.07) is 0. The predicted molar refractivity (Wildman–Crippen MR) is 70.6 cm³/mol. The van der Waals surface area contributed by atoms with Crippen LogP contribution in [0.25, 0.3) is 0 Å². The molecule has 1 unspecified atom stereocenters. The molecule has 1 fully saturated rings. The van der Waals surface area contributed by atoms with Gasteiger partial charge in [-0.15, -0.1) is 0 Å². The summed E-state index contributed by atoms with van der Waals surface area (Å²) >= 11 is 0. The molecule has 6 nitrogen and oxygen atoms in total. The van der Waals surface area contributed by atoms with Crippen LogP contribution in [-0.2, 0) is 14.3 Å². The summed E-state index contributed by atoms with van der Waals surface area (Å²) in [5.74, 6) is -1.05. The van der Waals surface area contributed by atoms with Crippen molar-refractivity contribution in [3.63, 3.8) is 0 Å². The van der Waals surface area contributed by atoms with Crippen LogP contribution in [0.5, 0.6) is 0 Å². The average molecular weight is 272 g/mol. The van der Waals surface area contributed by atoms with E-state index in [4.69, 9.17) is 10.5 Å². The molecule has 1 atom stereocenters. The van der Waals surface area contributed by atoms with Crippen LogP contribution in [0.2, 0.25) is 0 Å². The number of nitrogens with two attached hydrogens (primary N) is 1. The van der Waals surface area contributed by atoms with E-state index < -0.39 is 16.8 Å². The van der Waals surface area contributed by atoms with Gasteiger partial charge in [0.15, 0.2) is 0 Å². The molecule has 0 radical (unpaired) electrons. The average Bonchev–Trinajstić information content (AvgIpc) is 2.44. The van der Waals surface area contributed by atoms with E-state index in [1.54, 1.807) is 6.92 Å². The van der Waals surface area contributed by atoms with Gasteiger partial charge in [-0.25, -0.2) is 0 Å². The molecule has 1 saturated heterocycles. The van der Waals surface area contributed by atoms with Crippen LogP contribution in [0.3, 0.4) is 0 Å². The Morgan fingerprint density at radius 3 is 2.42 bits per heavy atom. The maximum Gasteiger partial charge on any atom is 0.311 e. The molecule has 19 heavy (non-hydrogen) atoms. The maximum absolute atomic E-state index is 12.1. The summed E-state index contributed by atoms with van der Waals surface area (Å²) in [7, 11) is 0. The molecule has 1 rings (SSSR count). The summed E-state index contributed by atoms with van der Waals surface area (Å²) in [6.07, 6.45) is 1.47. The summed E-state index contributed by atoms with van der Waals surface area (Å²) in [5, 5.41) is 12.1. The van der Waals surface area contributed by atoms with Crippen LogP contribution in [0.15, 0.2) is 0 Å². The van der Waals surface area contributed by atoms with Gasteiger partial charge in [-0.2, -0.15) is 0 Å². The molecule has 0 spiro atoms. The minimum atomic E-state index is -0.906. The minimum absolute atomic E-state index is 0.139. The molecule has 4 N–H and O–H groups in total. The number of amides is 1. The Labute approximate surface area is 113 Å². The van der Waals surface area contributed by atoms with Crippen molar-refractivity contribution in [2.45, 2.75) is 33.1 Å². The van der Waals surface area contributed by atoms with Gasteiger partial charge in [0.25, 0.3) is 0 Å². The second kappa shape index (κ2) is 6.34. The lowest BCUT2D eigenvalue weighted by atomic mass is 9.79. The van der Waals surface area contributed by atoms with Gasteiger partial charge in [-0.05, 0) is 26.2 Å². The number of carboxylic acid groups (broad SMARTS) is 1. The molecular formula is C13H24N2O4. The monoisotopic (exact) mass is 272 g/mol. The number of nitrogens with one attached hydrogen (secondary N) is 1. The molecule has 0 saturated carbocycles. The van der Waals surface area contributed by atoms with Crippen LogP contribution >= 0.6 is 0 Å². The van der Waals surface area contributed by atoms with Gasteiger partial charge in [0.1, 0.15) is 0 Å². The molecule has 0 aromatic rings. The summed E-state index contributed by atoms with van der Waals surface area (Å²) in [6.45, 7) is 4.92. The van der Waals surface area contributed by atoms with E-state index in [1.807, 2.05) is 6.92 Å². The molecule has 1 amide bonds. The number of hydrogen-bond acceptors (Lipinski definition) is 4. The normalized spacial score (nSPS) is 21.4. The number of ether oxygens (including phenoxy) is 1. The Morgan fingerprint density at radius 2 is 2.00 bits per heavy atom. The lowest BCUT2D eigenvalue weighted by molar-refractivity contribution is -0.155. The van der Waals surface area contributed by atoms with Gasteiger partial charge in [0.2, 0.25) is 5.91 Å². The molecule has 1 heterocycles. The van der Waals surface area contributed by atoms with Gasteiger partial charge >= 0.3 is 5.97 Å². The van der Waals surface area contributed by atoms with Crippen molar-refractivity contribution in [2.24, 2.45) is 16.6 Å². The zero-order valence-corrected chi connectivity index (χ0v) is 11.7. The lowest BCUT2D eigenvalue weighted by Crippen LogP contribution is -2.51. The van der Waals surface area contributed by atoms with Crippen molar-refractivity contribution < 1.29 is 19.4 Å². The van der Waals surface area contributed by atoms with Gasteiger partial charge in [-0.3, -0.25) is 9.59 Å². The zero-order valence-electron chi connectivity index (χ0n) is 11.7. The highest BCUT2D eigenvalue weighted by molar-refractivity contribution is 5.83. The first-order valence-electron chi connectivity index (χ1n) is 6.70. The molecule has 0 aliphatic carbocycles. The van der Waals surface area contributed by atoms with E-state index in [0.29, 0.717) is 32.5 Å². The quantitative estimate of drug-likeness (QED) is 0.648. The van der Waals surface area contributed by atoms with E-state index in [0.717, 1.165) is 0 Å². The highest BCUT2D eigenvalue weighted by Crippen LogP contribution is 2.30. The third-order valence-corrected chi connectivity index (χ3v) is 4.27. The Balaban J connectivity index is 2.67. The predicted octanol–water partition coefficient (Wildman–Crippen LogP) is 0.359. The van der Waals surface area contributed by atoms with Crippen LogP contribution in [0, 0.1) is 10.8 Å². The van der Waals surface area contributed by atoms with E-state index in [9.17, 15) is 14.7 Å². The Bertz CT molecular complexity index is 334. The SMILES string of the molecule is CCC(C)(CN)C(=O)NCC1(C(=O)O)CCOCC1. The molecule has 1 aliphatic heterocycles. The molecule has 0 bridgehead atoms. The first-order chi connectivity index (χ1) is 8.90. The molecule has 1 aliphatic rings. The van der Waals surface area contributed by atoms with Crippen LogP contribution in [-0.4, -0.2) is 43.3 Å². The van der Waals surface area contributed by atoms with Gasteiger partial charge in [0, 0.05) is 26.3 Å². The van der Waals surface area contributed by atoms with Crippen molar-refractivity contribution in [1.82, 2.24) is 5.32 Å². The molecule has 110 valence electrons. The number of carbonyl (C=O) groups is 2. The number of rotatable bonds is 6. The fourth-order valence-electron chi connectivity index (χ4n) is 2.09. The van der Waals surface area contributed by atoms with Gasteiger partial charge in [-0.1, -0.05) is 6.92 Å². The molecule has 6 heteroatoms. The Kier molecular flexibility index (Phi) is 5.31. The van der Waals surface area contributed by atoms with Crippen molar-refractivity contribution in [1.29, 1.82) is 0 Å². The summed E-state index contributed by atoms with van der Waals surface area (Å²) < 4.78 is 5.20. The van der Waals surface area contributed by atoms with Crippen molar-refractivity contribution in [3.8, 4) is 0 Å². The topological polar surface area (TPSA) is 102 Å². The number of carbonyl (C=O) groups excluding carboxylic acids is 1. The van der Waals surface area contributed by atoms with E-state index in [2.05, 4.69) is 5.32 Å². The third kappa shape index (κ3) is 3.45. The highest BCUT2D eigenvalue weighted by Gasteiger charge is 2.41. The van der Waals surface area contributed by atoms with Crippen molar-refractivity contribution >= 4 is 11.9 Å². The minimum Gasteiger partial charge on any atom is -0.481 e. The molecule has 0 aromatic heterocycles. The Hall–Kier alpha value is -1.14. The number of carboxylic acids is 1. The van der Waals surface area contributed by atoms with E-state index in [1.165, 1.54) is 0 Å². The van der Waals surface area contributed by atoms with Gasteiger partial charge in [0.05, 0.1) is 10.8 Å². The Morgan fingerprint density at radius 1 is 1.42 bits per heavy atom. The maximum atomic E-state index is 12.1. The van der Waals surface area contributed by atoms with Crippen LogP contribution < -0.4 is 11.1 Å². The second-order valence-corrected chi connectivity index (χ2v) is 5.50. The fourth-order valence-corrected chi connectivity index (χ4v) is 2.09. The van der Waals surface area contributed by atoms with Crippen molar-refractivity contribution in [3.05, 3.63) is 0 Å².